The maximum Gasteiger partial charge on any atom is 0.471 e. The highest BCUT2D eigenvalue weighted by Gasteiger charge is 2.40. The molecule has 1 saturated heterocycles. The fourth-order valence-electron chi connectivity index (χ4n) is 2.95. The summed E-state index contributed by atoms with van der Waals surface area (Å²) in [7, 11) is 0. The number of nitrogens with zero attached hydrogens (tertiary/aromatic N) is 4. The first-order valence-electron chi connectivity index (χ1n) is 8.14. The molecule has 1 amide bonds. The van der Waals surface area contributed by atoms with Crippen molar-refractivity contribution in [3.8, 4) is 11.3 Å². The molecule has 140 valence electrons. The topological polar surface area (TPSA) is 85.3 Å². The molecule has 0 saturated carbocycles. The summed E-state index contributed by atoms with van der Waals surface area (Å²) in [6.45, 7) is 0.538. The highest BCUT2D eigenvalue weighted by atomic mass is 19.4. The number of alkyl halides is 3. The van der Waals surface area contributed by atoms with Gasteiger partial charge in [-0.15, -0.1) is 0 Å². The smallest absolute Gasteiger partial charge is 0.355 e. The van der Waals surface area contributed by atoms with E-state index in [0.717, 1.165) is 5.56 Å². The molecule has 0 radical (unpaired) electrons. The Labute approximate surface area is 150 Å². The highest BCUT2D eigenvalue weighted by Crippen LogP contribution is 2.31. The zero-order valence-corrected chi connectivity index (χ0v) is 13.8. The fraction of sp³-hybridized carbons (Fsp3) is 0.294. The Morgan fingerprint density at radius 2 is 1.93 bits per heavy atom. The number of rotatable bonds is 3. The van der Waals surface area contributed by atoms with Gasteiger partial charge < -0.3 is 13.9 Å². The predicted molar refractivity (Wildman–Crippen MR) is 84.5 cm³/mol. The van der Waals surface area contributed by atoms with Crippen molar-refractivity contribution >= 4 is 5.91 Å². The zero-order valence-electron chi connectivity index (χ0n) is 13.8. The minimum absolute atomic E-state index is 0.0530. The van der Waals surface area contributed by atoms with Crippen molar-refractivity contribution < 1.29 is 27.0 Å². The molecule has 0 N–H and O–H groups in total. The summed E-state index contributed by atoms with van der Waals surface area (Å²) in [4.78, 5) is 17.5. The lowest BCUT2D eigenvalue weighted by atomic mass is 10.1. The van der Waals surface area contributed by atoms with Gasteiger partial charge in [-0.1, -0.05) is 40.6 Å². The number of likely N-dealkylation sites (tertiary alicyclic amines) is 1. The normalized spacial score (nSPS) is 17.4. The Bertz CT molecular complexity index is 952. The Hall–Kier alpha value is -3.17. The molecule has 3 heterocycles. The van der Waals surface area contributed by atoms with Gasteiger partial charge >= 0.3 is 12.1 Å². The van der Waals surface area contributed by atoms with E-state index in [1.807, 2.05) is 30.3 Å². The van der Waals surface area contributed by atoms with Gasteiger partial charge in [0.05, 0.1) is 0 Å². The number of carbonyl (C=O) groups is 1. The van der Waals surface area contributed by atoms with Gasteiger partial charge in [0.15, 0.2) is 17.3 Å². The number of halogens is 3. The van der Waals surface area contributed by atoms with Gasteiger partial charge in [-0.05, 0) is 6.42 Å². The molecule has 0 aliphatic carbocycles. The van der Waals surface area contributed by atoms with Gasteiger partial charge in [-0.3, -0.25) is 4.79 Å². The summed E-state index contributed by atoms with van der Waals surface area (Å²) in [5.41, 5.74) is 0.924. The largest absolute Gasteiger partial charge is 0.471 e. The Kier molecular flexibility index (Phi) is 4.17. The quantitative estimate of drug-likeness (QED) is 0.695. The molecular formula is C17H13F3N4O3. The second-order valence-corrected chi connectivity index (χ2v) is 6.13. The van der Waals surface area contributed by atoms with E-state index in [-0.39, 0.29) is 24.0 Å². The molecule has 10 heteroatoms. The van der Waals surface area contributed by atoms with Gasteiger partial charge in [0.2, 0.25) is 0 Å². The molecule has 1 aliphatic rings. The Balaban J connectivity index is 1.45. The van der Waals surface area contributed by atoms with Crippen LogP contribution < -0.4 is 0 Å². The fourth-order valence-corrected chi connectivity index (χ4v) is 2.95. The van der Waals surface area contributed by atoms with Crippen molar-refractivity contribution in [3.63, 3.8) is 0 Å². The summed E-state index contributed by atoms with van der Waals surface area (Å²) < 4.78 is 47.2. The van der Waals surface area contributed by atoms with Crippen LogP contribution in [0.15, 0.2) is 45.4 Å². The van der Waals surface area contributed by atoms with Crippen LogP contribution in [0.25, 0.3) is 11.3 Å². The van der Waals surface area contributed by atoms with Crippen molar-refractivity contribution in [1.29, 1.82) is 0 Å². The van der Waals surface area contributed by atoms with Crippen LogP contribution in [0.4, 0.5) is 13.2 Å². The Morgan fingerprint density at radius 3 is 2.63 bits per heavy atom. The van der Waals surface area contributed by atoms with Gasteiger partial charge in [0.25, 0.3) is 5.91 Å². The van der Waals surface area contributed by atoms with E-state index in [4.69, 9.17) is 4.52 Å². The van der Waals surface area contributed by atoms with E-state index >= 15 is 0 Å². The van der Waals surface area contributed by atoms with Crippen LogP contribution in [0.1, 0.15) is 34.5 Å². The summed E-state index contributed by atoms with van der Waals surface area (Å²) >= 11 is 0. The van der Waals surface area contributed by atoms with E-state index in [2.05, 4.69) is 19.8 Å². The van der Waals surface area contributed by atoms with Crippen LogP contribution >= 0.6 is 0 Å². The first-order chi connectivity index (χ1) is 12.9. The minimum atomic E-state index is -4.69. The molecule has 27 heavy (non-hydrogen) atoms. The lowest BCUT2D eigenvalue weighted by Crippen LogP contribution is -2.28. The third-order valence-corrected chi connectivity index (χ3v) is 4.31. The predicted octanol–water partition coefficient (Wildman–Crippen LogP) is 3.37. The van der Waals surface area contributed by atoms with E-state index in [9.17, 15) is 18.0 Å². The zero-order chi connectivity index (χ0) is 19.0. The number of amides is 1. The van der Waals surface area contributed by atoms with E-state index < -0.39 is 18.0 Å². The van der Waals surface area contributed by atoms with Crippen molar-refractivity contribution in [2.75, 3.05) is 13.1 Å². The number of hydrogen-bond acceptors (Lipinski definition) is 6. The van der Waals surface area contributed by atoms with Crippen LogP contribution in [0.3, 0.4) is 0 Å². The number of aromatic nitrogens is 3. The molecule has 7 nitrogen and oxygen atoms in total. The van der Waals surface area contributed by atoms with Gasteiger partial charge in [-0.2, -0.15) is 18.2 Å². The van der Waals surface area contributed by atoms with Crippen molar-refractivity contribution in [2.45, 2.75) is 18.5 Å². The first kappa shape index (κ1) is 17.3. The van der Waals surface area contributed by atoms with Gasteiger partial charge in [0.1, 0.15) is 0 Å². The van der Waals surface area contributed by atoms with Gasteiger partial charge in [-0.25, -0.2) is 0 Å². The van der Waals surface area contributed by atoms with Crippen LogP contribution in [-0.4, -0.2) is 39.2 Å². The SMILES string of the molecule is O=C(c1cc(-c2ccccc2)on1)N1CC[C@H](c2noc(C(F)(F)F)n2)C1. The van der Waals surface area contributed by atoms with Crippen LogP contribution in [0.5, 0.6) is 0 Å². The molecule has 1 fully saturated rings. The second-order valence-electron chi connectivity index (χ2n) is 6.13. The average Bonchev–Trinajstić information content (AvgIpc) is 3.40. The maximum atomic E-state index is 12.6. The monoisotopic (exact) mass is 378 g/mol. The number of hydrogen-bond donors (Lipinski definition) is 0. The van der Waals surface area contributed by atoms with Gasteiger partial charge in [0, 0.05) is 30.6 Å². The van der Waals surface area contributed by atoms with E-state index in [1.54, 1.807) is 6.07 Å². The summed E-state index contributed by atoms with van der Waals surface area (Å²) in [5.74, 6) is -1.76. The Morgan fingerprint density at radius 1 is 1.15 bits per heavy atom. The molecule has 2 aromatic heterocycles. The molecule has 3 aromatic rings. The van der Waals surface area contributed by atoms with Crippen LogP contribution in [0, 0.1) is 0 Å². The van der Waals surface area contributed by atoms with E-state index in [0.29, 0.717) is 18.7 Å². The third kappa shape index (κ3) is 3.42. The standard InChI is InChI=1S/C17H13F3N4O3/c18-17(19,20)16-21-14(23-27-16)11-6-7-24(9-11)15(25)12-8-13(26-22-12)10-4-2-1-3-5-10/h1-5,8,11H,6-7,9H2/t11-/m0/s1. The van der Waals surface area contributed by atoms with Crippen LogP contribution in [0.2, 0.25) is 0 Å². The number of carbonyl (C=O) groups excluding carboxylic acids is 1. The maximum absolute atomic E-state index is 12.6. The summed E-state index contributed by atoms with van der Waals surface area (Å²) in [5, 5.41) is 7.20. The minimum Gasteiger partial charge on any atom is -0.355 e. The molecule has 1 atom stereocenters. The molecule has 0 unspecified atom stereocenters. The molecule has 4 rings (SSSR count). The highest BCUT2D eigenvalue weighted by molar-refractivity contribution is 5.93. The second kappa shape index (κ2) is 6.53. The van der Waals surface area contributed by atoms with Crippen molar-refractivity contribution in [2.24, 2.45) is 0 Å². The lowest BCUT2D eigenvalue weighted by Gasteiger charge is -2.13. The third-order valence-electron chi connectivity index (χ3n) is 4.31. The molecule has 1 aliphatic heterocycles. The molecule has 0 spiro atoms. The van der Waals surface area contributed by atoms with Crippen molar-refractivity contribution in [3.05, 3.63) is 53.8 Å². The summed E-state index contributed by atoms with van der Waals surface area (Å²) in [6, 6.07) is 10.7. The molecule has 0 bridgehead atoms. The van der Waals surface area contributed by atoms with Crippen LogP contribution in [-0.2, 0) is 6.18 Å². The number of benzene rings is 1. The van der Waals surface area contributed by atoms with E-state index in [1.165, 1.54) is 4.90 Å². The summed E-state index contributed by atoms with van der Waals surface area (Å²) in [6.07, 6.45) is -4.25. The lowest BCUT2D eigenvalue weighted by molar-refractivity contribution is -0.159. The molecule has 1 aromatic carbocycles. The van der Waals surface area contributed by atoms with Crippen molar-refractivity contribution in [1.82, 2.24) is 20.2 Å². The average molecular weight is 378 g/mol. The first-order valence-corrected chi connectivity index (χ1v) is 8.14. The molecular weight excluding hydrogens is 365 g/mol.